The number of fused-ring (bicyclic) bond motifs is 1. The van der Waals surface area contributed by atoms with E-state index in [1.807, 2.05) is 0 Å². The summed E-state index contributed by atoms with van der Waals surface area (Å²) < 4.78 is 5.24. The number of ether oxygens (including phenoxy) is 1. The standard InChI is InChI=1S/C11H16O4/c1-6-2-3-7-8(11(13)14)5-10(12)15-9(7)4-6/h6-9H,2-5H2,1H3,(H,13,14)/t6-,7+,8-,9+/m1/s1. The van der Waals surface area contributed by atoms with Crippen LogP contribution in [0.4, 0.5) is 0 Å². The summed E-state index contributed by atoms with van der Waals surface area (Å²) in [5, 5.41) is 9.05. The van der Waals surface area contributed by atoms with Crippen molar-refractivity contribution in [3.8, 4) is 0 Å². The first kappa shape index (κ1) is 10.5. The number of carbonyl (C=O) groups is 2. The molecular weight excluding hydrogens is 196 g/mol. The van der Waals surface area contributed by atoms with Crippen molar-refractivity contribution in [1.82, 2.24) is 0 Å². The highest BCUT2D eigenvalue weighted by atomic mass is 16.5. The molecule has 0 unspecified atom stereocenters. The van der Waals surface area contributed by atoms with Crippen LogP contribution in [-0.4, -0.2) is 23.1 Å². The molecule has 0 amide bonds. The van der Waals surface area contributed by atoms with E-state index < -0.39 is 11.9 Å². The van der Waals surface area contributed by atoms with Crippen molar-refractivity contribution >= 4 is 11.9 Å². The van der Waals surface area contributed by atoms with E-state index in [-0.39, 0.29) is 24.4 Å². The Hall–Kier alpha value is -1.06. The minimum atomic E-state index is -0.851. The SMILES string of the molecule is C[C@@H]1CC[C@@H]2[C@H](C1)OC(=O)C[C@H]2C(=O)O. The maximum Gasteiger partial charge on any atom is 0.307 e. The lowest BCUT2D eigenvalue weighted by Crippen LogP contribution is -2.45. The molecule has 1 aliphatic heterocycles. The summed E-state index contributed by atoms with van der Waals surface area (Å²) in [6.07, 6.45) is 2.63. The van der Waals surface area contributed by atoms with Crippen molar-refractivity contribution in [1.29, 1.82) is 0 Å². The van der Waals surface area contributed by atoms with Crippen molar-refractivity contribution in [3.63, 3.8) is 0 Å². The highest BCUT2D eigenvalue weighted by Gasteiger charge is 2.44. The third-order valence-corrected chi connectivity index (χ3v) is 3.61. The second kappa shape index (κ2) is 3.83. The molecule has 2 rings (SSSR count). The molecule has 1 saturated heterocycles. The Morgan fingerprint density at radius 3 is 2.87 bits per heavy atom. The zero-order valence-electron chi connectivity index (χ0n) is 8.81. The van der Waals surface area contributed by atoms with Crippen molar-refractivity contribution in [3.05, 3.63) is 0 Å². The molecule has 1 saturated carbocycles. The number of esters is 1. The quantitative estimate of drug-likeness (QED) is 0.668. The lowest BCUT2D eigenvalue weighted by atomic mass is 9.72. The molecule has 0 radical (unpaired) electrons. The molecule has 1 heterocycles. The largest absolute Gasteiger partial charge is 0.481 e. The number of aliphatic carboxylic acids is 1. The van der Waals surface area contributed by atoms with Gasteiger partial charge in [0.15, 0.2) is 0 Å². The first-order valence-electron chi connectivity index (χ1n) is 5.50. The van der Waals surface area contributed by atoms with Gasteiger partial charge in [-0.3, -0.25) is 9.59 Å². The van der Waals surface area contributed by atoms with E-state index in [4.69, 9.17) is 9.84 Å². The molecule has 2 aliphatic rings. The first-order chi connectivity index (χ1) is 7.08. The fourth-order valence-electron chi connectivity index (χ4n) is 2.77. The van der Waals surface area contributed by atoms with E-state index in [1.54, 1.807) is 0 Å². The molecule has 2 fully saturated rings. The van der Waals surface area contributed by atoms with Crippen LogP contribution >= 0.6 is 0 Å². The van der Waals surface area contributed by atoms with Crippen molar-refractivity contribution in [2.24, 2.45) is 17.8 Å². The molecule has 15 heavy (non-hydrogen) atoms. The van der Waals surface area contributed by atoms with Crippen LogP contribution in [-0.2, 0) is 14.3 Å². The first-order valence-corrected chi connectivity index (χ1v) is 5.50. The number of hydrogen-bond acceptors (Lipinski definition) is 3. The summed E-state index contributed by atoms with van der Waals surface area (Å²) in [6.45, 7) is 2.12. The van der Waals surface area contributed by atoms with Gasteiger partial charge in [-0.05, 0) is 18.8 Å². The van der Waals surface area contributed by atoms with Gasteiger partial charge in [0.2, 0.25) is 0 Å². The van der Waals surface area contributed by atoms with Gasteiger partial charge in [-0.25, -0.2) is 0 Å². The van der Waals surface area contributed by atoms with Crippen LogP contribution in [0.15, 0.2) is 0 Å². The van der Waals surface area contributed by atoms with Crippen molar-refractivity contribution in [2.45, 2.75) is 38.7 Å². The second-order valence-corrected chi connectivity index (χ2v) is 4.76. The number of carboxylic acid groups (broad SMARTS) is 1. The number of rotatable bonds is 1. The van der Waals surface area contributed by atoms with Gasteiger partial charge in [0, 0.05) is 5.92 Å². The van der Waals surface area contributed by atoms with Gasteiger partial charge in [0.1, 0.15) is 6.10 Å². The van der Waals surface area contributed by atoms with Crippen molar-refractivity contribution in [2.75, 3.05) is 0 Å². The third kappa shape index (κ3) is 1.98. The monoisotopic (exact) mass is 212 g/mol. The maximum absolute atomic E-state index is 11.3. The smallest absolute Gasteiger partial charge is 0.307 e. The van der Waals surface area contributed by atoms with E-state index in [1.165, 1.54) is 0 Å². The molecule has 84 valence electrons. The lowest BCUT2D eigenvalue weighted by molar-refractivity contribution is -0.176. The summed E-state index contributed by atoms with van der Waals surface area (Å²) in [5.41, 5.74) is 0. The van der Waals surface area contributed by atoms with Crippen LogP contribution in [0, 0.1) is 17.8 Å². The molecule has 0 aromatic rings. The summed E-state index contributed by atoms with van der Waals surface area (Å²) in [7, 11) is 0. The van der Waals surface area contributed by atoms with Crippen LogP contribution in [0.25, 0.3) is 0 Å². The van der Waals surface area contributed by atoms with Crippen LogP contribution < -0.4 is 0 Å². The van der Waals surface area contributed by atoms with Gasteiger partial charge in [-0.1, -0.05) is 13.3 Å². The zero-order valence-corrected chi connectivity index (χ0v) is 8.81. The van der Waals surface area contributed by atoms with Gasteiger partial charge in [-0.15, -0.1) is 0 Å². The zero-order chi connectivity index (χ0) is 11.0. The van der Waals surface area contributed by atoms with Crippen molar-refractivity contribution < 1.29 is 19.4 Å². The summed E-state index contributed by atoms with van der Waals surface area (Å²) in [4.78, 5) is 22.3. The highest BCUT2D eigenvalue weighted by molar-refractivity contribution is 5.80. The van der Waals surface area contributed by atoms with Crippen LogP contribution in [0.5, 0.6) is 0 Å². The predicted octanol–water partition coefficient (Wildman–Crippen LogP) is 1.44. The molecule has 0 aromatic heterocycles. The average molecular weight is 212 g/mol. The van der Waals surface area contributed by atoms with Crippen LogP contribution in [0.3, 0.4) is 0 Å². The Bertz CT molecular complexity index is 286. The van der Waals surface area contributed by atoms with E-state index in [9.17, 15) is 9.59 Å². The number of carboxylic acids is 1. The molecule has 4 heteroatoms. The van der Waals surface area contributed by atoms with E-state index in [0.29, 0.717) is 5.92 Å². The van der Waals surface area contributed by atoms with Crippen LogP contribution in [0.1, 0.15) is 32.6 Å². The molecule has 0 bridgehead atoms. The fourth-order valence-corrected chi connectivity index (χ4v) is 2.77. The fraction of sp³-hybridized carbons (Fsp3) is 0.818. The van der Waals surface area contributed by atoms with Gasteiger partial charge < -0.3 is 9.84 Å². The summed E-state index contributed by atoms with van der Waals surface area (Å²) >= 11 is 0. The highest BCUT2D eigenvalue weighted by Crippen LogP contribution is 2.40. The molecule has 1 N–H and O–H groups in total. The normalized spacial score (nSPS) is 40.5. The minimum absolute atomic E-state index is 0.0383. The maximum atomic E-state index is 11.3. The Labute approximate surface area is 88.6 Å². The lowest BCUT2D eigenvalue weighted by Gasteiger charge is -2.40. The van der Waals surface area contributed by atoms with Crippen LogP contribution in [0.2, 0.25) is 0 Å². The summed E-state index contributed by atoms with van der Waals surface area (Å²) in [5.74, 6) is -1.15. The second-order valence-electron chi connectivity index (χ2n) is 4.76. The van der Waals surface area contributed by atoms with Gasteiger partial charge in [-0.2, -0.15) is 0 Å². The molecule has 0 spiro atoms. The summed E-state index contributed by atoms with van der Waals surface area (Å²) in [6, 6.07) is 0. The molecule has 1 aliphatic carbocycles. The Morgan fingerprint density at radius 1 is 1.47 bits per heavy atom. The average Bonchev–Trinajstić information content (AvgIpc) is 2.15. The predicted molar refractivity (Wildman–Crippen MR) is 52.1 cm³/mol. The Balaban J connectivity index is 2.14. The van der Waals surface area contributed by atoms with E-state index in [0.717, 1.165) is 19.3 Å². The van der Waals surface area contributed by atoms with Gasteiger partial charge in [0.05, 0.1) is 12.3 Å². The van der Waals surface area contributed by atoms with E-state index in [2.05, 4.69) is 6.92 Å². The minimum Gasteiger partial charge on any atom is -0.481 e. The number of carbonyl (C=O) groups excluding carboxylic acids is 1. The molecular formula is C11H16O4. The topological polar surface area (TPSA) is 63.6 Å². The number of hydrogen-bond donors (Lipinski definition) is 1. The Kier molecular flexibility index (Phi) is 2.67. The van der Waals surface area contributed by atoms with Gasteiger partial charge >= 0.3 is 11.9 Å². The molecule has 4 nitrogen and oxygen atoms in total. The third-order valence-electron chi connectivity index (χ3n) is 3.61. The van der Waals surface area contributed by atoms with Gasteiger partial charge in [0.25, 0.3) is 0 Å². The van der Waals surface area contributed by atoms with E-state index >= 15 is 0 Å². The molecule has 4 atom stereocenters. The Morgan fingerprint density at radius 2 is 2.20 bits per heavy atom. The molecule has 0 aromatic carbocycles.